The second kappa shape index (κ2) is 5.69. The van der Waals surface area contributed by atoms with Crippen LogP contribution in [-0.4, -0.2) is 14.8 Å². The van der Waals surface area contributed by atoms with Crippen LogP contribution in [0.25, 0.3) is 17.1 Å². The largest absolute Gasteiger partial charge is 0.396 e. The smallest absolute Gasteiger partial charge is 0.153 e. The summed E-state index contributed by atoms with van der Waals surface area (Å²) in [5.41, 5.74) is 9.83. The average molecular weight is 343 g/mol. The van der Waals surface area contributed by atoms with Gasteiger partial charge in [0.1, 0.15) is 5.69 Å². The summed E-state index contributed by atoms with van der Waals surface area (Å²) in [4.78, 5) is 4.32. The van der Waals surface area contributed by atoms with Crippen molar-refractivity contribution in [2.24, 2.45) is 0 Å². The minimum Gasteiger partial charge on any atom is -0.396 e. The van der Waals surface area contributed by atoms with Gasteiger partial charge < -0.3 is 5.73 Å². The van der Waals surface area contributed by atoms with E-state index in [1.54, 1.807) is 17.1 Å². The van der Waals surface area contributed by atoms with Gasteiger partial charge in [-0.2, -0.15) is 5.10 Å². The Morgan fingerprint density at radius 1 is 1.14 bits per heavy atom. The number of rotatable bonds is 3. The van der Waals surface area contributed by atoms with E-state index in [0.717, 1.165) is 28.0 Å². The van der Waals surface area contributed by atoms with Gasteiger partial charge in [0.2, 0.25) is 0 Å². The standard InChI is InChI=1S/C16H15BrN4/c1-2-11-3-5-12(6-4-11)16-14(18)10-21(20-16)15-8-7-13(17)9-19-15/h3-10H,2,18H2,1H3. The van der Waals surface area contributed by atoms with Crippen LogP contribution in [0.5, 0.6) is 0 Å². The highest BCUT2D eigenvalue weighted by atomic mass is 79.9. The van der Waals surface area contributed by atoms with Crippen LogP contribution in [-0.2, 0) is 6.42 Å². The molecule has 0 amide bonds. The summed E-state index contributed by atoms with van der Waals surface area (Å²) in [5.74, 6) is 0.737. The Kier molecular flexibility index (Phi) is 3.75. The van der Waals surface area contributed by atoms with Crippen molar-refractivity contribution in [3.8, 4) is 17.1 Å². The van der Waals surface area contributed by atoms with E-state index in [1.165, 1.54) is 5.56 Å². The normalized spacial score (nSPS) is 10.8. The number of anilines is 1. The van der Waals surface area contributed by atoms with E-state index in [9.17, 15) is 0 Å². The molecule has 0 saturated heterocycles. The summed E-state index contributed by atoms with van der Waals surface area (Å²) in [6.07, 6.45) is 4.55. The minimum atomic E-state index is 0.643. The summed E-state index contributed by atoms with van der Waals surface area (Å²) in [6.45, 7) is 2.14. The van der Waals surface area contributed by atoms with Gasteiger partial charge in [0.15, 0.2) is 5.82 Å². The maximum absolute atomic E-state index is 6.09. The van der Waals surface area contributed by atoms with Crippen LogP contribution in [0.3, 0.4) is 0 Å². The van der Waals surface area contributed by atoms with Crippen LogP contribution in [0.4, 0.5) is 5.69 Å². The highest BCUT2D eigenvalue weighted by Crippen LogP contribution is 2.25. The molecule has 0 aliphatic carbocycles. The van der Waals surface area contributed by atoms with E-state index >= 15 is 0 Å². The first-order valence-electron chi connectivity index (χ1n) is 6.73. The third-order valence-corrected chi connectivity index (χ3v) is 3.79. The molecule has 0 fully saturated rings. The molecule has 0 aliphatic heterocycles. The average Bonchev–Trinajstić information content (AvgIpc) is 2.90. The summed E-state index contributed by atoms with van der Waals surface area (Å²) in [7, 11) is 0. The fourth-order valence-electron chi connectivity index (χ4n) is 2.13. The molecule has 0 spiro atoms. The van der Waals surface area contributed by atoms with Crippen LogP contribution < -0.4 is 5.73 Å². The van der Waals surface area contributed by atoms with Crippen molar-refractivity contribution in [3.05, 3.63) is 58.8 Å². The molecule has 0 unspecified atom stereocenters. The van der Waals surface area contributed by atoms with Crippen LogP contribution in [0.15, 0.2) is 53.3 Å². The van der Waals surface area contributed by atoms with Crippen molar-refractivity contribution in [2.45, 2.75) is 13.3 Å². The van der Waals surface area contributed by atoms with Crippen molar-refractivity contribution in [1.82, 2.24) is 14.8 Å². The SMILES string of the molecule is CCc1ccc(-c2nn(-c3ccc(Br)cn3)cc2N)cc1. The maximum atomic E-state index is 6.09. The second-order valence-corrected chi connectivity index (χ2v) is 5.68. The van der Waals surface area contributed by atoms with E-state index < -0.39 is 0 Å². The van der Waals surface area contributed by atoms with E-state index in [-0.39, 0.29) is 0 Å². The fraction of sp³-hybridized carbons (Fsp3) is 0.125. The predicted molar refractivity (Wildman–Crippen MR) is 88.3 cm³/mol. The van der Waals surface area contributed by atoms with Gasteiger partial charge in [-0.3, -0.25) is 0 Å². The summed E-state index contributed by atoms with van der Waals surface area (Å²) in [5, 5.41) is 4.55. The zero-order valence-corrected chi connectivity index (χ0v) is 13.2. The van der Waals surface area contributed by atoms with E-state index in [1.807, 2.05) is 12.1 Å². The third-order valence-electron chi connectivity index (χ3n) is 3.32. The molecule has 4 nitrogen and oxygen atoms in total. The second-order valence-electron chi connectivity index (χ2n) is 4.76. The number of aryl methyl sites for hydroxylation is 1. The van der Waals surface area contributed by atoms with Gasteiger partial charge in [-0.15, -0.1) is 0 Å². The van der Waals surface area contributed by atoms with E-state index in [2.05, 4.69) is 57.2 Å². The lowest BCUT2D eigenvalue weighted by atomic mass is 10.1. The zero-order chi connectivity index (χ0) is 14.8. The Morgan fingerprint density at radius 3 is 2.52 bits per heavy atom. The molecule has 3 aromatic rings. The van der Waals surface area contributed by atoms with Gasteiger partial charge in [-0.05, 0) is 40.0 Å². The van der Waals surface area contributed by atoms with Crippen molar-refractivity contribution in [1.29, 1.82) is 0 Å². The van der Waals surface area contributed by atoms with Gasteiger partial charge in [-0.25, -0.2) is 9.67 Å². The molecule has 2 N–H and O–H groups in total. The third kappa shape index (κ3) is 2.83. The molecule has 0 saturated carbocycles. The first kappa shape index (κ1) is 13.8. The molecule has 0 bridgehead atoms. The van der Waals surface area contributed by atoms with Crippen LogP contribution in [0.1, 0.15) is 12.5 Å². The lowest BCUT2D eigenvalue weighted by molar-refractivity contribution is 0.849. The molecule has 21 heavy (non-hydrogen) atoms. The molecule has 0 atom stereocenters. The summed E-state index contributed by atoms with van der Waals surface area (Å²) < 4.78 is 2.63. The quantitative estimate of drug-likeness (QED) is 0.786. The lowest BCUT2D eigenvalue weighted by Gasteiger charge is -2.01. The zero-order valence-electron chi connectivity index (χ0n) is 11.6. The topological polar surface area (TPSA) is 56.7 Å². The molecule has 2 aromatic heterocycles. The molecule has 3 rings (SSSR count). The Labute approximate surface area is 131 Å². The number of nitrogens with zero attached hydrogens (tertiary/aromatic N) is 3. The predicted octanol–water partition coefficient (Wildman–Crippen LogP) is 3.84. The number of pyridine rings is 1. The molecule has 1 aromatic carbocycles. The van der Waals surface area contributed by atoms with E-state index in [0.29, 0.717) is 5.69 Å². The number of hydrogen-bond acceptors (Lipinski definition) is 3. The molecule has 0 radical (unpaired) electrons. The number of benzene rings is 1. The Hall–Kier alpha value is -2.14. The van der Waals surface area contributed by atoms with Crippen molar-refractivity contribution in [3.63, 3.8) is 0 Å². The van der Waals surface area contributed by atoms with Gasteiger partial charge in [0.25, 0.3) is 0 Å². The van der Waals surface area contributed by atoms with Gasteiger partial charge in [-0.1, -0.05) is 31.2 Å². The summed E-state index contributed by atoms with van der Waals surface area (Å²) in [6, 6.07) is 12.1. The molecular formula is C16H15BrN4. The molecule has 2 heterocycles. The maximum Gasteiger partial charge on any atom is 0.153 e. The van der Waals surface area contributed by atoms with Crippen molar-refractivity contribution in [2.75, 3.05) is 5.73 Å². The highest BCUT2D eigenvalue weighted by Gasteiger charge is 2.10. The fourth-order valence-corrected chi connectivity index (χ4v) is 2.37. The molecule has 106 valence electrons. The lowest BCUT2D eigenvalue weighted by Crippen LogP contribution is -1.97. The first-order chi connectivity index (χ1) is 10.2. The monoisotopic (exact) mass is 342 g/mol. The number of aromatic nitrogens is 3. The van der Waals surface area contributed by atoms with Gasteiger partial charge in [0.05, 0.1) is 11.9 Å². The Balaban J connectivity index is 1.98. The van der Waals surface area contributed by atoms with Crippen LogP contribution in [0, 0.1) is 0 Å². The van der Waals surface area contributed by atoms with Gasteiger partial charge >= 0.3 is 0 Å². The van der Waals surface area contributed by atoms with Gasteiger partial charge in [0, 0.05) is 16.2 Å². The summed E-state index contributed by atoms with van der Waals surface area (Å²) >= 11 is 3.37. The Bertz CT molecular complexity index is 745. The van der Waals surface area contributed by atoms with Crippen molar-refractivity contribution >= 4 is 21.6 Å². The molecular weight excluding hydrogens is 328 g/mol. The highest BCUT2D eigenvalue weighted by molar-refractivity contribution is 9.10. The van der Waals surface area contributed by atoms with Crippen molar-refractivity contribution < 1.29 is 0 Å². The molecule has 5 heteroatoms. The number of halogens is 1. The number of nitrogens with two attached hydrogens (primary N) is 1. The van der Waals surface area contributed by atoms with E-state index in [4.69, 9.17) is 5.73 Å². The number of nitrogen functional groups attached to an aromatic ring is 1. The molecule has 0 aliphatic rings. The first-order valence-corrected chi connectivity index (χ1v) is 7.53. The number of hydrogen-bond donors (Lipinski definition) is 1. The van der Waals surface area contributed by atoms with Crippen LogP contribution in [0.2, 0.25) is 0 Å². The Morgan fingerprint density at radius 2 is 1.90 bits per heavy atom. The minimum absolute atomic E-state index is 0.643. The van der Waals surface area contributed by atoms with Crippen LogP contribution >= 0.6 is 15.9 Å².